The molecule has 2 bridgehead atoms. The van der Waals surface area contributed by atoms with E-state index in [1.165, 1.54) is 89.2 Å². The van der Waals surface area contributed by atoms with Crippen LogP contribution in [0.15, 0.2) is 206 Å². The Balaban J connectivity index is 1.22. The van der Waals surface area contributed by atoms with Gasteiger partial charge in [-0.05, 0) is 123 Å². The zero-order valence-electron chi connectivity index (χ0n) is 41.7. The molecule has 0 aliphatic carbocycles. The molecular formula is C66H61N4+. The highest BCUT2D eigenvalue weighted by Crippen LogP contribution is 2.66. The van der Waals surface area contributed by atoms with E-state index < -0.39 is 5.41 Å². The molecule has 10 aromatic rings. The summed E-state index contributed by atoms with van der Waals surface area (Å²) < 4.78 is 3.81. The predicted molar refractivity (Wildman–Crippen MR) is 294 cm³/mol. The Morgan fingerprint density at radius 1 is 0.457 bits per heavy atom. The van der Waals surface area contributed by atoms with E-state index in [4.69, 9.17) is 4.98 Å². The summed E-state index contributed by atoms with van der Waals surface area (Å²) in [4.78, 5) is 5.18. The number of quaternary nitrogens is 2. The van der Waals surface area contributed by atoms with Crippen LogP contribution in [0.2, 0.25) is 0 Å². The normalized spacial score (nSPS) is 17.7. The van der Waals surface area contributed by atoms with Gasteiger partial charge in [0.2, 0.25) is 0 Å². The molecule has 2 atom stereocenters. The first-order chi connectivity index (χ1) is 33.7. The minimum Gasteiger partial charge on any atom is -0.294 e. The summed E-state index contributed by atoms with van der Waals surface area (Å²) >= 11 is 0. The number of fused-ring (bicyclic) bond motifs is 3. The fraction of sp³-hybridized carbons (Fsp3) is 0.182. The molecule has 344 valence electrons. The van der Waals surface area contributed by atoms with E-state index >= 15 is 0 Å². The van der Waals surface area contributed by atoms with Gasteiger partial charge in [0.1, 0.15) is 17.2 Å². The van der Waals surface area contributed by atoms with Crippen molar-refractivity contribution in [1.29, 1.82) is 0 Å². The number of hydrogen-bond donors (Lipinski definition) is 0. The van der Waals surface area contributed by atoms with Crippen LogP contribution in [-0.2, 0) is 16.2 Å². The Morgan fingerprint density at radius 2 is 0.971 bits per heavy atom. The van der Waals surface area contributed by atoms with Crippen LogP contribution in [0.5, 0.6) is 0 Å². The standard InChI is InChI=1S/C66H61N4/c1-45-35-60-61(36-46(45)2)70(43-69(60,44-70)54-29-19-12-20-30-54)55-38-51(65(6,7)8)37-52(39-55)66(48-25-15-10-16-26-48,49-27-17-11-18-28-49)53-40-57(47-23-13-9-14-24-47)63-56-31-21-22-32-58(56)68(59(63)41-53)62-42-50(33-34-67-62)64(3,4)5/h9-43H,44H2,1-8H3/q+1/t69-,70+/m0/s1. The molecule has 5 heterocycles. The minimum absolute atomic E-state index is 0.0603. The van der Waals surface area contributed by atoms with Crippen LogP contribution in [0.1, 0.15) is 86.1 Å². The van der Waals surface area contributed by atoms with Gasteiger partial charge in [0.05, 0.1) is 23.1 Å². The summed E-state index contributed by atoms with van der Waals surface area (Å²) in [6.07, 6.45) is 1.99. The van der Waals surface area contributed by atoms with Gasteiger partial charge >= 0.3 is 0 Å². The number of nitrogens with zero attached hydrogens (tertiary/aromatic N) is 4. The van der Waals surface area contributed by atoms with Crippen molar-refractivity contribution in [3.8, 4) is 16.9 Å². The molecule has 0 radical (unpaired) electrons. The Morgan fingerprint density at radius 3 is 1.57 bits per heavy atom. The van der Waals surface area contributed by atoms with Gasteiger partial charge in [0.15, 0.2) is 18.0 Å². The maximum Gasteiger partial charge on any atom is 0.186 e. The van der Waals surface area contributed by atoms with Crippen LogP contribution in [0, 0.1) is 20.5 Å². The molecule has 1 saturated heterocycles. The van der Waals surface area contributed by atoms with E-state index in [1.54, 1.807) is 0 Å². The molecule has 3 aliphatic rings. The first-order valence-electron chi connectivity index (χ1n) is 24.9. The van der Waals surface area contributed by atoms with Crippen molar-refractivity contribution in [3.63, 3.8) is 0 Å². The lowest BCUT2D eigenvalue weighted by atomic mass is 9.63. The van der Waals surface area contributed by atoms with Crippen molar-refractivity contribution in [3.05, 3.63) is 258 Å². The second kappa shape index (κ2) is 15.8. The summed E-state index contributed by atoms with van der Waals surface area (Å²) in [5.41, 5.74) is 19.0. The molecule has 1 fully saturated rings. The highest BCUT2D eigenvalue weighted by Gasteiger charge is 2.63. The second-order valence-corrected chi connectivity index (χ2v) is 22.0. The Kier molecular flexibility index (Phi) is 9.92. The van der Waals surface area contributed by atoms with Crippen molar-refractivity contribution < 1.29 is 0 Å². The van der Waals surface area contributed by atoms with Crippen LogP contribution >= 0.6 is 0 Å². The third-order valence-corrected chi connectivity index (χ3v) is 15.7. The zero-order chi connectivity index (χ0) is 48.2. The monoisotopic (exact) mass is 909 g/mol. The molecule has 4 heteroatoms. The number of pyridine rings is 1. The number of aryl methyl sites for hydroxylation is 2. The summed E-state index contributed by atoms with van der Waals surface area (Å²) in [5, 5.41) is 2.42. The van der Waals surface area contributed by atoms with Crippen LogP contribution < -0.4 is 8.97 Å². The van der Waals surface area contributed by atoms with E-state index in [1.807, 2.05) is 6.20 Å². The molecule has 70 heavy (non-hydrogen) atoms. The van der Waals surface area contributed by atoms with Crippen molar-refractivity contribution in [1.82, 2.24) is 18.5 Å². The van der Waals surface area contributed by atoms with Gasteiger partial charge in [0, 0.05) is 41.2 Å². The Hall–Kier alpha value is -7.37. The Labute approximate surface area is 414 Å². The van der Waals surface area contributed by atoms with E-state index in [0.717, 1.165) is 28.0 Å². The van der Waals surface area contributed by atoms with Crippen LogP contribution in [-0.4, -0.2) is 16.2 Å². The third-order valence-electron chi connectivity index (χ3n) is 15.7. The van der Waals surface area contributed by atoms with E-state index in [2.05, 4.69) is 267 Å². The molecule has 13 rings (SSSR count). The highest BCUT2D eigenvalue weighted by molar-refractivity contribution is 6.16. The molecule has 8 aromatic carbocycles. The fourth-order valence-electron chi connectivity index (χ4n) is 11.9. The number of rotatable bonds is 8. The van der Waals surface area contributed by atoms with E-state index in [-0.39, 0.29) is 10.8 Å². The quantitative estimate of drug-likeness (QED) is 0.0844. The predicted octanol–water partition coefficient (Wildman–Crippen LogP) is 16.8. The maximum atomic E-state index is 5.18. The lowest BCUT2D eigenvalue weighted by Gasteiger charge is -2.56. The smallest absolute Gasteiger partial charge is 0.186 e. The fourth-order valence-corrected chi connectivity index (χ4v) is 11.9. The molecular weight excluding hydrogens is 849 g/mol. The third kappa shape index (κ3) is 6.53. The first kappa shape index (κ1) is 43.9. The van der Waals surface area contributed by atoms with Gasteiger partial charge in [-0.2, -0.15) is 0 Å². The number of para-hydroxylation sites is 2. The van der Waals surface area contributed by atoms with Gasteiger partial charge in [-0.1, -0.05) is 175 Å². The summed E-state index contributed by atoms with van der Waals surface area (Å²) in [5.74, 6) is 0.916. The van der Waals surface area contributed by atoms with Gasteiger partial charge in [-0.15, -0.1) is 0 Å². The van der Waals surface area contributed by atoms with E-state index in [0.29, 0.717) is 4.48 Å². The Bertz CT molecular complexity index is 3580. The van der Waals surface area contributed by atoms with Crippen LogP contribution in [0.25, 0.3) is 38.8 Å². The van der Waals surface area contributed by atoms with Crippen molar-refractivity contribution in [2.45, 2.75) is 71.6 Å². The van der Waals surface area contributed by atoms with Crippen LogP contribution in [0.4, 0.5) is 22.7 Å². The number of aromatic nitrogens is 2. The van der Waals surface area contributed by atoms with Crippen molar-refractivity contribution in [2.75, 3.05) is 6.67 Å². The SMILES string of the molecule is Cc1cc2c(cc1C)[N@+]1(c3cc(C(C)(C)C)cc(C(c4ccccc4)(c4ccccc4)c4cc(-c5ccccc5)c5c6ccccc6n(-c6cc(C(C)(C)C)ccn6)c5c4)c3)[CH-][N@@+]2(c2ccccc2)C1. The first-order valence-corrected chi connectivity index (χ1v) is 24.9. The number of hydrogen-bond acceptors (Lipinski definition) is 1. The van der Waals surface area contributed by atoms with Gasteiger partial charge in [-0.3, -0.25) is 13.5 Å². The lowest BCUT2D eigenvalue weighted by Crippen LogP contribution is -2.67. The largest absolute Gasteiger partial charge is 0.294 e. The molecule has 0 saturated carbocycles. The average Bonchev–Trinajstić information content (AvgIpc) is 3.95. The highest BCUT2D eigenvalue weighted by atomic mass is 15.7. The zero-order valence-corrected chi connectivity index (χ0v) is 41.7. The summed E-state index contributed by atoms with van der Waals surface area (Å²) in [6, 6.07) is 75.7. The van der Waals surface area contributed by atoms with Gasteiger partial charge < -0.3 is 0 Å². The molecule has 0 spiro atoms. The van der Waals surface area contributed by atoms with Crippen molar-refractivity contribution >= 4 is 44.6 Å². The average molecular weight is 910 g/mol. The second-order valence-electron chi connectivity index (χ2n) is 22.0. The summed E-state index contributed by atoms with van der Waals surface area (Å²) in [6.45, 7) is 22.0. The summed E-state index contributed by atoms with van der Waals surface area (Å²) in [7, 11) is 0. The van der Waals surface area contributed by atoms with Gasteiger partial charge in [-0.25, -0.2) is 4.98 Å². The molecule has 0 N–H and O–H groups in total. The van der Waals surface area contributed by atoms with Crippen molar-refractivity contribution in [2.24, 2.45) is 0 Å². The van der Waals surface area contributed by atoms with E-state index in [9.17, 15) is 0 Å². The topological polar surface area (TPSA) is 17.8 Å². The molecule has 3 aliphatic heterocycles. The molecule has 0 amide bonds. The maximum absolute atomic E-state index is 5.18. The molecule has 4 nitrogen and oxygen atoms in total. The minimum atomic E-state index is -0.779. The lowest BCUT2D eigenvalue weighted by molar-refractivity contribution is 0.187. The molecule has 0 unspecified atom stereocenters. The number of benzene rings is 8. The van der Waals surface area contributed by atoms with Crippen LogP contribution in [0.3, 0.4) is 0 Å². The van der Waals surface area contributed by atoms with Gasteiger partial charge in [0.25, 0.3) is 0 Å². The molecule has 2 aromatic heterocycles.